The molecule has 1 aromatic carbocycles. The number of nitrogens with zero attached hydrogens (tertiary/aromatic N) is 2. The number of amides is 2. The number of hydrogen-bond donors (Lipinski definition) is 3. The Kier molecular flexibility index (Phi) is 5.86. The summed E-state index contributed by atoms with van der Waals surface area (Å²) < 4.78 is 37.7. The monoisotopic (exact) mass is 431 g/mol. The molecule has 3 heterocycles. The Morgan fingerprint density at radius 2 is 1.97 bits per heavy atom. The number of alkyl halides is 3. The number of anilines is 2. The lowest BCUT2D eigenvalue weighted by Crippen LogP contribution is -2.39. The zero-order valence-corrected chi connectivity index (χ0v) is 17.1. The van der Waals surface area contributed by atoms with E-state index in [1.165, 1.54) is 4.90 Å². The first-order valence-corrected chi connectivity index (χ1v) is 10.2. The van der Waals surface area contributed by atoms with Gasteiger partial charge in [0, 0.05) is 28.7 Å². The van der Waals surface area contributed by atoms with E-state index >= 15 is 0 Å². The second kappa shape index (κ2) is 8.58. The number of aromatic nitrogens is 2. The first-order valence-electron chi connectivity index (χ1n) is 10.2. The third kappa shape index (κ3) is 5.16. The second-order valence-electron chi connectivity index (χ2n) is 7.92. The Bertz CT molecular complexity index is 1070. The van der Waals surface area contributed by atoms with Gasteiger partial charge < -0.3 is 15.6 Å². The maximum Gasteiger partial charge on any atom is 0.401 e. The number of carbonyl (C=O) groups is 1. The maximum atomic E-state index is 12.6. The van der Waals surface area contributed by atoms with Crippen LogP contribution in [0.5, 0.6) is 0 Å². The molecule has 0 radical (unpaired) electrons. The summed E-state index contributed by atoms with van der Waals surface area (Å²) in [7, 11) is 0. The minimum Gasteiger partial charge on any atom is -0.359 e. The van der Waals surface area contributed by atoms with Crippen molar-refractivity contribution in [1.82, 2.24) is 14.9 Å². The van der Waals surface area contributed by atoms with Crippen molar-refractivity contribution >= 4 is 28.3 Å². The lowest BCUT2D eigenvalue weighted by Gasteiger charge is -2.32. The Morgan fingerprint density at radius 1 is 1.23 bits per heavy atom. The lowest BCUT2D eigenvalue weighted by molar-refractivity contribution is -0.147. The molecule has 3 N–H and O–H groups in total. The Balaban J connectivity index is 1.36. The number of carbonyl (C=O) groups excluding carboxylic acids is 1. The standard InChI is InChI=1S/C22H24F3N5O/c1-14-10-16(28-21(31)29-19-12-26-18-5-3-2-4-17(18)19)11-27-20(14)15-6-8-30(9-7-15)13-22(23,24)25/h2-5,10-12,15,26H,6-9,13H2,1H3,(H2,28,29,31). The van der Waals surface area contributed by atoms with Crippen molar-refractivity contribution in [2.24, 2.45) is 0 Å². The summed E-state index contributed by atoms with van der Waals surface area (Å²) in [4.78, 5) is 21.5. The van der Waals surface area contributed by atoms with Crippen molar-refractivity contribution in [3.63, 3.8) is 0 Å². The van der Waals surface area contributed by atoms with Crippen LogP contribution < -0.4 is 10.6 Å². The van der Waals surface area contributed by atoms with E-state index in [2.05, 4.69) is 20.6 Å². The van der Waals surface area contributed by atoms with Crippen LogP contribution in [0.2, 0.25) is 0 Å². The molecule has 2 aromatic heterocycles. The van der Waals surface area contributed by atoms with Gasteiger partial charge in [-0.1, -0.05) is 18.2 Å². The van der Waals surface area contributed by atoms with Crippen LogP contribution in [0.4, 0.5) is 29.3 Å². The number of benzene rings is 1. The van der Waals surface area contributed by atoms with Crippen LogP contribution in [0.3, 0.4) is 0 Å². The van der Waals surface area contributed by atoms with E-state index in [-0.39, 0.29) is 11.9 Å². The normalized spacial score (nSPS) is 15.9. The number of rotatable bonds is 4. The fourth-order valence-electron chi connectivity index (χ4n) is 4.16. The van der Waals surface area contributed by atoms with Crippen molar-refractivity contribution in [2.75, 3.05) is 30.3 Å². The Hall–Kier alpha value is -3.07. The first-order chi connectivity index (χ1) is 14.8. The van der Waals surface area contributed by atoms with Crippen molar-refractivity contribution in [3.8, 4) is 0 Å². The van der Waals surface area contributed by atoms with Gasteiger partial charge in [0.15, 0.2) is 0 Å². The summed E-state index contributed by atoms with van der Waals surface area (Å²) >= 11 is 0. The predicted octanol–water partition coefficient (Wildman–Crippen LogP) is 5.26. The fraction of sp³-hybridized carbons (Fsp3) is 0.364. The lowest BCUT2D eigenvalue weighted by atomic mass is 9.90. The van der Waals surface area contributed by atoms with E-state index in [1.54, 1.807) is 12.4 Å². The van der Waals surface area contributed by atoms with Gasteiger partial charge in [0.05, 0.1) is 24.1 Å². The van der Waals surface area contributed by atoms with Gasteiger partial charge in [0.1, 0.15) is 0 Å². The maximum absolute atomic E-state index is 12.6. The highest BCUT2D eigenvalue weighted by molar-refractivity contribution is 6.05. The van der Waals surface area contributed by atoms with Crippen molar-refractivity contribution < 1.29 is 18.0 Å². The number of para-hydroxylation sites is 1. The summed E-state index contributed by atoms with van der Waals surface area (Å²) in [5, 5.41) is 6.53. The minimum absolute atomic E-state index is 0.124. The number of fused-ring (bicyclic) bond motifs is 1. The van der Waals surface area contributed by atoms with Crippen LogP contribution in [0.1, 0.15) is 30.0 Å². The quantitative estimate of drug-likeness (QED) is 0.528. The number of urea groups is 1. The summed E-state index contributed by atoms with van der Waals surface area (Å²) in [6, 6.07) is 9.14. The molecule has 0 aliphatic carbocycles. The van der Waals surface area contributed by atoms with E-state index in [1.807, 2.05) is 37.3 Å². The summed E-state index contributed by atoms with van der Waals surface area (Å²) in [5.41, 5.74) is 3.97. The molecule has 6 nitrogen and oxygen atoms in total. The Labute approximate surface area is 177 Å². The molecule has 164 valence electrons. The molecule has 31 heavy (non-hydrogen) atoms. The van der Waals surface area contributed by atoms with Crippen LogP contribution in [0.25, 0.3) is 10.9 Å². The van der Waals surface area contributed by atoms with Crippen LogP contribution in [0.15, 0.2) is 42.7 Å². The van der Waals surface area contributed by atoms with Gasteiger partial charge in [0.2, 0.25) is 0 Å². The van der Waals surface area contributed by atoms with E-state index in [9.17, 15) is 18.0 Å². The van der Waals surface area contributed by atoms with Gasteiger partial charge in [-0.2, -0.15) is 13.2 Å². The number of aryl methyl sites for hydroxylation is 1. The average Bonchev–Trinajstić information content (AvgIpc) is 3.11. The average molecular weight is 431 g/mol. The van der Waals surface area contributed by atoms with Crippen LogP contribution in [-0.2, 0) is 0 Å². The number of nitrogens with one attached hydrogen (secondary N) is 3. The molecule has 2 amide bonds. The van der Waals surface area contributed by atoms with E-state index in [4.69, 9.17) is 0 Å². The molecule has 1 saturated heterocycles. The number of hydrogen-bond acceptors (Lipinski definition) is 3. The molecule has 1 aliphatic rings. The second-order valence-corrected chi connectivity index (χ2v) is 7.92. The molecule has 0 unspecified atom stereocenters. The fourth-order valence-corrected chi connectivity index (χ4v) is 4.16. The topological polar surface area (TPSA) is 73.0 Å². The van der Waals surface area contributed by atoms with Crippen molar-refractivity contribution in [2.45, 2.75) is 31.9 Å². The van der Waals surface area contributed by atoms with Crippen molar-refractivity contribution in [1.29, 1.82) is 0 Å². The van der Waals surface area contributed by atoms with Crippen molar-refractivity contribution in [3.05, 3.63) is 54.0 Å². The highest BCUT2D eigenvalue weighted by Crippen LogP contribution is 2.31. The first kappa shape index (κ1) is 21.2. The summed E-state index contributed by atoms with van der Waals surface area (Å²) in [6.45, 7) is 1.85. The van der Waals surface area contributed by atoms with Gasteiger partial charge in [-0.25, -0.2) is 4.79 Å². The van der Waals surface area contributed by atoms with E-state index in [0.717, 1.165) is 22.2 Å². The molecule has 4 rings (SSSR count). The van der Waals surface area contributed by atoms with Crippen LogP contribution in [-0.4, -0.2) is 46.7 Å². The minimum atomic E-state index is -4.17. The molecular formula is C22H24F3N5O. The van der Waals surface area contributed by atoms with Gasteiger partial charge in [0.25, 0.3) is 0 Å². The number of aromatic amines is 1. The third-order valence-corrected chi connectivity index (χ3v) is 5.59. The van der Waals surface area contributed by atoms with Gasteiger partial charge >= 0.3 is 12.2 Å². The molecule has 0 spiro atoms. The Morgan fingerprint density at radius 3 is 2.68 bits per heavy atom. The van der Waals surface area contributed by atoms with E-state index < -0.39 is 12.7 Å². The summed E-state index contributed by atoms with van der Waals surface area (Å²) in [5.74, 6) is 0.124. The number of pyridine rings is 1. The van der Waals surface area contributed by atoms with Gasteiger partial charge in [-0.3, -0.25) is 9.88 Å². The predicted molar refractivity (Wildman–Crippen MR) is 114 cm³/mol. The largest absolute Gasteiger partial charge is 0.401 e. The number of H-pyrrole nitrogens is 1. The van der Waals surface area contributed by atoms with E-state index in [0.29, 0.717) is 37.3 Å². The zero-order chi connectivity index (χ0) is 22.0. The number of piperidine rings is 1. The smallest absolute Gasteiger partial charge is 0.359 e. The molecular weight excluding hydrogens is 407 g/mol. The van der Waals surface area contributed by atoms with Gasteiger partial charge in [-0.15, -0.1) is 0 Å². The zero-order valence-electron chi connectivity index (χ0n) is 17.1. The molecule has 1 aliphatic heterocycles. The number of halogens is 3. The summed E-state index contributed by atoms with van der Waals surface area (Å²) in [6.07, 6.45) is 0.443. The highest BCUT2D eigenvalue weighted by Gasteiger charge is 2.33. The molecule has 1 fully saturated rings. The van der Waals surface area contributed by atoms with Crippen LogP contribution >= 0.6 is 0 Å². The number of likely N-dealkylation sites (tertiary alicyclic amines) is 1. The molecule has 0 saturated carbocycles. The van der Waals surface area contributed by atoms with Gasteiger partial charge in [-0.05, 0) is 50.6 Å². The highest BCUT2D eigenvalue weighted by atomic mass is 19.4. The SMILES string of the molecule is Cc1cc(NC(=O)Nc2c[nH]c3ccccc23)cnc1C1CCN(CC(F)(F)F)CC1. The molecule has 0 atom stereocenters. The molecule has 3 aromatic rings. The van der Waals surface area contributed by atoms with Crippen LogP contribution in [0, 0.1) is 6.92 Å². The third-order valence-electron chi connectivity index (χ3n) is 5.59. The molecule has 9 heteroatoms. The molecule has 0 bridgehead atoms.